The van der Waals surface area contributed by atoms with Crippen LogP contribution in [-0.2, 0) is 6.54 Å². The quantitative estimate of drug-likeness (QED) is 0.863. The van der Waals surface area contributed by atoms with Crippen molar-refractivity contribution < 1.29 is 4.39 Å². The topological polar surface area (TPSA) is 29.3 Å². The van der Waals surface area contributed by atoms with Gasteiger partial charge in [0.1, 0.15) is 5.82 Å². The van der Waals surface area contributed by atoms with Crippen molar-refractivity contribution in [1.29, 1.82) is 0 Å². The third-order valence-corrected chi connectivity index (χ3v) is 2.71. The first-order valence-corrected chi connectivity index (χ1v) is 5.73. The summed E-state index contributed by atoms with van der Waals surface area (Å²) in [6.07, 6.45) is 0. The minimum atomic E-state index is -0.211. The molecule has 0 saturated carbocycles. The van der Waals surface area contributed by atoms with Gasteiger partial charge in [-0.1, -0.05) is 18.5 Å². The minimum Gasteiger partial charge on any atom is -0.330 e. The maximum absolute atomic E-state index is 13.4. The Balaban J connectivity index is 2.61. The highest BCUT2D eigenvalue weighted by atomic mass is 35.5. The number of rotatable bonds is 5. The zero-order valence-electron chi connectivity index (χ0n) is 9.71. The van der Waals surface area contributed by atoms with Crippen molar-refractivity contribution in [3.8, 4) is 0 Å². The monoisotopic (exact) mass is 244 g/mol. The summed E-state index contributed by atoms with van der Waals surface area (Å²) in [6.45, 7) is 4.12. The van der Waals surface area contributed by atoms with Crippen molar-refractivity contribution in [2.75, 3.05) is 20.1 Å². The summed E-state index contributed by atoms with van der Waals surface area (Å²) >= 11 is 5.83. The van der Waals surface area contributed by atoms with E-state index in [0.717, 1.165) is 6.54 Å². The van der Waals surface area contributed by atoms with Crippen LogP contribution in [0.15, 0.2) is 18.2 Å². The second-order valence-electron chi connectivity index (χ2n) is 4.27. The lowest BCUT2D eigenvalue weighted by Gasteiger charge is -2.20. The number of hydrogen-bond acceptors (Lipinski definition) is 2. The van der Waals surface area contributed by atoms with Crippen LogP contribution in [0.5, 0.6) is 0 Å². The summed E-state index contributed by atoms with van der Waals surface area (Å²) in [4.78, 5) is 2.05. The van der Waals surface area contributed by atoms with Gasteiger partial charge < -0.3 is 10.6 Å². The van der Waals surface area contributed by atoms with Gasteiger partial charge in [-0.3, -0.25) is 0 Å². The van der Waals surface area contributed by atoms with Crippen LogP contribution in [0.2, 0.25) is 5.02 Å². The molecule has 0 spiro atoms. The molecule has 2 nitrogen and oxygen atoms in total. The molecule has 0 aliphatic rings. The Morgan fingerprint density at radius 1 is 1.50 bits per heavy atom. The van der Waals surface area contributed by atoms with E-state index in [1.165, 1.54) is 6.07 Å². The zero-order valence-corrected chi connectivity index (χ0v) is 10.5. The molecule has 1 aromatic rings. The fraction of sp³-hybridized carbons (Fsp3) is 0.500. The first-order chi connectivity index (χ1) is 7.52. The Morgan fingerprint density at radius 2 is 2.19 bits per heavy atom. The molecule has 1 atom stereocenters. The smallest absolute Gasteiger partial charge is 0.127 e. The highest BCUT2D eigenvalue weighted by Gasteiger charge is 2.09. The van der Waals surface area contributed by atoms with E-state index in [2.05, 4.69) is 6.92 Å². The fourth-order valence-corrected chi connectivity index (χ4v) is 1.82. The number of nitrogens with two attached hydrogens (primary N) is 1. The molecule has 0 aromatic heterocycles. The molecule has 0 aliphatic carbocycles. The second-order valence-corrected chi connectivity index (χ2v) is 4.71. The van der Waals surface area contributed by atoms with E-state index < -0.39 is 0 Å². The van der Waals surface area contributed by atoms with Crippen LogP contribution < -0.4 is 5.73 Å². The molecule has 0 saturated heterocycles. The van der Waals surface area contributed by atoms with Gasteiger partial charge in [-0.25, -0.2) is 4.39 Å². The van der Waals surface area contributed by atoms with Crippen LogP contribution in [0.1, 0.15) is 12.5 Å². The summed E-state index contributed by atoms with van der Waals surface area (Å²) in [6, 6.07) is 4.63. The van der Waals surface area contributed by atoms with E-state index in [4.69, 9.17) is 17.3 Å². The molecule has 0 heterocycles. The summed E-state index contributed by atoms with van der Waals surface area (Å²) < 4.78 is 13.4. The predicted molar refractivity (Wildman–Crippen MR) is 66.0 cm³/mol. The number of hydrogen-bond donors (Lipinski definition) is 1. The number of nitrogens with zero attached hydrogens (tertiary/aromatic N) is 1. The maximum Gasteiger partial charge on any atom is 0.127 e. The maximum atomic E-state index is 13.4. The van der Waals surface area contributed by atoms with Gasteiger partial charge in [0, 0.05) is 23.7 Å². The van der Waals surface area contributed by atoms with Crippen molar-refractivity contribution in [2.24, 2.45) is 11.7 Å². The predicted octanol–water partition coefficient (Wildman–Crippen LogP) is 2.51. The molecule has 0 fully saturated rings. The molecular formula is C12H18ClFN2. The molecule has 16 heavy (non-hydrogen) atoms. The number of benzene rings is 1. The average Bonchev–Trinajstić information content (AvgIpc) is 2.23. The Kier molecular flexibility index (Phi) is 5.19. The highest BCUT2D eigenvalue weighted by molar-refractivity contribution is 6.30. The molecule has 2 N–H and O–H groups in total. The van der Waals surface area contributed by atoms with Gasteiger partial charge in [0.2, 0.25) is 0 Å². The van der Waals surface area contributed by atoms with Crippen molar-refractivity contribution in [3.05, 3.63) is 34.6 Å². The van der Waals surface area contributed by atoms with Crippen molar-refractivity contribution in [2.45, 2.75) is 13.5 Å². The highest BCUT2D eigenvalue weighted by Crippen LogP contribution is 2.16. The third-order valence-electron chi connectivity index (χ3n) is 2.47. The summed E-state index contributed by atoms with van der Waals surface area (Å²) in [5.74, 6) is 0.198. The van der Waals surface area contributed by atoms with Crippen molar-refractivity contribution in [1.82, 2.24) is 4.90 Å². The van der Waals surface area contributed by atoms with Crippen molar-refractivity contribution in [3.63, 3.8) is 0 Å². The van der Waals surface area contributed by atoms with Gasteiger partial charge >= 0.3 is 0 Å². The van der Waals surface area contributed by atoms with E-state index in [9.17, 15) is 4.39 Å². The summed E-state index contributed by atoms with van der Waals surface area (Å²) in [5, 5.41) is 0.566. The first-order valence-electron chi connectivity index (χ1n) is 5.35. The molecule has 90 valence electrons. The largest absolute Gasteiger partial charge is 0.330 e. The molecular weight excluding hydrogens is 227 g/mol. The molecule has 0 aliphatic heterocycles. The number of halogens is 2. The van der Waals surface area contributed by atoms with Crippen LogP contribution in [0.25, 0.3) is 0 Å². The molecule has 1 aromatic carbocycles. The van der Waals surface area contributed by atoms with E-state index in [0.29, 0.717) is 29.6 Å². The van der Waals surface area contributed by atoms with Crippen LogP contribution in [-0.4, -0.2) is 25.0 Å². The Labute approximate surface area is 101 Å². The average molecular weight is 245 g/mol. The van der Waals surface area contributed by atoms with E-state index in [1.807, 2.05) is 11.9 Å². The molecule has 0 bridgehead atoms. The zero-order chi connectivity index (χ0) is 12.1. The third kappa shape index (κ3) is 4.08. The summed E-state index contributed by atoms with van der Waals surface area (Å²) in [5.41, 5.74) is 6.17. The normalized spacial score (nSPS) is 13.1. The van der Waals surface area contributed by atoms with Gasteiger partial charge in [0.15, 0.2) is 0 Å². The van der Waals surface area contributed by atoms with Crippen LogP contribution in [0, 0.1) is 11.7 Å². The van der Waals surface area contributed by atoms with E-state index in [-0.39, 0.29) is 5.82 Å². The minimum absolute atomic E-state index is 0.211. The molecule has 0 radical (unpaired) electrons. The molecule has 1 rings (SSSR count). The van der Waals surface area contributed by atoms with Crippen molar-refractivity contribution >= 4 is 11.6 Å². The van der Waals surface area contributed by atoms with Gasteiger partial charge in [0.05, 0.1) is 0 Å². The van der Waals surface area contributed by atoms with Crippen LogP contribution >= 0.6 is 11.6 Å². The molecule has 0 amide bonds. The Morgan fingerprint density at radius 3 is 2.81 bits per heavy atom. The lowest BCUT2D eigenvalue weighted by Crippen LogP contribution is -2.28. The summed E-state index contributed by atoms with van der Waals surface area (Å²) in [7, 11) is 1.95. The SMILES string of the molecule is CC(CN)CN(C)Cc1cc(Cl)ccc1F. The van der Waals surface area contributed by atoms with Crippen LogP contribution in [0.4, 0.5) is 4.39 Å². The van der Waals surface area contributed by atoms with Gasteiger partial charge in [-0.15, -0.1) is 0 Å². The Bertz CT molecular complexity index is 344. The second kappa shape index (κ2) is 6.18. The standard InChI is InChI=1S/C12H18ClFN2/c1-9(6-15)7-16(2)8-10-5-11(13)3-4-12(10)14/h3-5,9H,6-8,15H2,1-2H3. The lowest BCUT2D eigenvalue weighted by molar-refractivity contribution is 0.278. The van der Waals surface area contributed by atoms with Gasteiger partial charge in [-0.2, -0.15) is 0 Å². The van der Waals surface area contributed by atoms with Gasteiger partial charge in [0.25, 0.3) is 0 Å². The fourth-order valence-electron chi connectivity index (χ4n) is 1.63. The molecule has 4 heteroatoms. The first kappa shape index (κ1) is 13.4. The van der Waals surface area contributed by atoms with E-state index >= 15 is 0 Å². The van der Waals surface area contributed by atoms with E-state index in [1.54, 1.807) is 12.1 Å². The Hall–Kier alpha value is -0.640. The van der Waals surface area contributed by atoms with Gasteiger partial charge in [-0.05, 0) is 37.7 Å². The van der Waals surface area contributed by atoms with Crippen LogP contribution in [0.3, 0.4) is 0 Å². The lowest BCUT2D eigenvalue weighted by atomic mass is 10.1. The molecule has 1 unspecified atom stereocenters.